The Morgan fingerprint density at radius 2 is 1.02 bits per heavy atom. The first-order valence-corrected chi connectivity index (χ1v) is 11.9. The quantitative estimate of drug-likeness (QED) is 0.196. The Hall–Kier alpha value is -4.22. The Labute approximate surface area is 265 Å². The van der Waals surface area contributed by atoms with Gasteiger partial charge >= 0.3 is 11.9 Å². The number of allylic oxidation sites excluding steroid dienone is 10. The zero-order valence-corrected chi connectivity index (χ0v) is 25.1. The molecule has 0 atom stereocenters. The van der Waals surface area contributed by atoms with Crippen LogP contribution < -0.4 is 10.6 Å². The van der Waals surface area contributed by atoms with Crippen LogP contribution in [0.1, 0.15) is 27.7 Å². The smallest absolute Gasteiger partial charge is 0.328 e. The standard InChI is InChI=1S/2C11H13NO3.2C3H4N2.2Cu/c2*1-11(2,10(14)15)12-7-8-5-3-4-6-9(8)13;2*1-2-4-5-3-1;;/h2*3-7,12H,1-2H3,(H,14,15);2*1-3H,(H,4,5);;. The number of rotatable bonds is 6. The van der Waals surface area contributed by atoms with Crippen molar-refractivity contribution >= 4 is 23.5 Å². The minimum Gasteiger partial charge on any atom is -0.480 e. The Bertz CT molecular complexity index is 1160. The van der Waals surface area contributed by atoms with Crippen molar-refractivity contribution in [3.05, 3.63) is 109 Å². The molecule has 0 unspecified atom stereocenters. The number of carbonyl (C=O) groups is 4. The van der Waals surface area contributed by atoms with E-state index >= 15 is 0 Å². The van der Waals surface area contributed by atoms with Gasteiger partial charge in [-0.1, -0.05) is 24.3 Å². The summed E-state index contributed by atoms with van der Waals surface area (Å²) in [6, 6.07) is 3.67. The fourth-order valence-electron chi connectivity index (χ4n) is 2.27. The van der Waals surface area contributed by atoms with Crippen LogP contribution in [0.5, 0.6) is 0 Å². The van der Waals surface area contributed by atoms with E-state index in [0.717, 1.165) is 0 Å². The minimum absolute atomic E-state index is 0. The summed E-state index contributed by atoms with van der Waals surface area (Å²) in [4.78, 5) is 44.1. The Kier molecular flexibility index (Phi) is 19.6. The fourth-order valence-corrected chi connectivity index (χ4v) is 2.27. The molecule has 4 rings (SSSR count). The maximum Gasteiger partial charge on any atom is 0.328 e. The molecule has 2 aromatic rings. The molecule has 6 N–H and O–H groups in total. The van der Waals surface area contributed by atoms with Crippen molar-refractivity contribution in [2.45, 2.75) is 38.8 Å². The first-order valence-electron chi connectivity index (χ1n) is 11.9. The van der Waals surface area contributed by atoms with E-state index in [9.17, 15) is 19.2 Å². The predicted molar refractivity (Wildman–Crippen MR) is 150 cm³/mol. The van der Waals surface area contributed by atoms with Crippen molar-refractivity contribution in [3.8, 4) is 0 Å². The molecule has 14 heteroatoms. The number of carbonyl (C=O) groups excluding carboxylic acids is 2. The molecular weight excluding hydrogens is 643 g/mol. The molecule has 12 nitrogen and oxygen atoms in total. The monoisotopic (exact) mass is 676 g/mol. The van der Waals surface area contributed by atoms with Gasteiger partial charge in [0.25, 0.3) is 0 Å². The first kappa shape index (κ1) is 39.9. The zero-order chi connectivity index (χ0) is 30.0. The average Bonchev–Trinajstić information content (AvgIpc) is 3.68. The van der Waals surface area contributed by atoms with E-state index in [4.69, 9.17) is 10.2 Å². The van der Waals surface area contributed by atoms with Gasteiger partial charge in [0.1, 0.15) is 11.1 Å². The van der Waals surface area contributed by atoms with Gasteiger partial charge in [-0.05, 0) is 64.1 Å². The number of H-pyrrole nitrogens is 2. The van der Waals surface area contributed by atoms with Crippen molar-refractivity contribution in [3.63, 3.8) is 0 Å². The van der Waals surface area contributed by atoms with E-state index in [1.54, 1.807) is 61.2 Å². The predicted octanol–water partition coefficient (Wildman–Crippen LogP) is 2.85. The number of aromatic nitrogens is 4. The number of ketones is 2. The fraction of sp³-hybridized carbons (Fsp3) is 0.214. The topological polar surface area (TPSA) is 190 Å². The second-order valence-corrected chi connectivity index (χ2v) is 9.05. The molecule has 0 amide bonds. The van der Waals surface area contributed by atoms with E-state index in [2.05, 4.69) is 31.0 Å². The summed E-state index contributed by atoms with van der Waals surface area (Å²) in [6.45, 7) is 6.11. The van der Waals surface area contributed by atoms with Gasteiger partial charge in [0.15, 0.2) is 11.6 Å². The van der Waals surface area contributed by atoms with E-state index < -0.39 is 23.0 Å². The van der Waals surface area contributed by atoms with E-state index in [-0.39, 0.29) is 45.7 Å². The number of carboxylic acids is 2. The Morgan fingerprint density at radius 1 is 0.690 bits per heavy atom. The molecule has 0 bridgehead atoms. The second kappa shape index (κ2) is 20.6. The van der Waals surface area contributed by atoms with Gasteiger partial charge < -0.3 is 20.8 Å². The molecule has 0 saturated heterocycles. The molecule has 2 aliphatic rings. The van der Waals surface area contributed by atoms with Crippen molar-refractivity contribution in [2.75, 3.05) is 0 Å². The average molecular weight is 678 g/mol. The number of nitrogens with one attached hydrogen (secondary N) is 4. The van der Waals surface area contributed by atoms with Crippen LogP contribution in [0.3, 0.4) is 0 Å². The number of aromatic amines is 2. The van der Waals surface area contributed by atoms with Crippen LogP contribution in [0.25, 0.3) is 0 Å². The van der Waals surface area contributed by atoms with Gasteiger partial charge in [0.05, 0.1) is 0 Å². The van der Waals surface area contributed by atoms with Crippen molar-refractivity contribution in [2.24, 2.45) is 0 Å². The largest absolute Gasteiger partial charge is 0.480 e. The maximum absolute atomic E-state index is 11.3. The van der Waals surface area contributed by atoms with Gasteiger partial charge in [0.2, 0.25) is 0 Å². The van der Waals surface area contributed by atoms with Crippen LogP contribution in [0.2, 0.25) is 0 Å². The second-order valence-electron chi connectivity index (χ2n) is 9.05. The molecule has 2 radical (unpaired) electrons. The molecular formula is C28H34Cu2N6O6. The number of hydrogen-bond acceptors (Lipinski definition) is 8. The molecule has 234 valence electrons. The molecule has 0 saturated carbocycles. The molecule has 0 fully saturated rings. The maximum atomic E-state index is 11.3. The summed E-state index contributed by atoms with van der Waals surface area (Å²) in [5.74, 6) is -2.21. The summed E-state index contributed by atoms with van der Waals surface area (Å²) in [5, 5.41) is 35.5. The Balaban J connectivity index is 0. The summed E-state index contributed by atoms with van der Waals surface area (Å²) >= 11 is 0. The van der Waals surface area contributed by atoms with Crippen LogP contribution >= 0.6 is 0 Å². The van der Waals surface area contributed by atoms with Gasteiger partial charge in [-0.2, -0.15) is 10.2 Å². The third-order valence-electron chi connectivity index (χ3n) is 4.90. The number of aliphatic carboxylic acids is 2. The SMILES string of the molecule is CC(C)(NC=C1C=CC=CC1=O)C(=O)O.CC(C)(NC=C1C=CC=CC1=O)C(=O)O.[Cu].[Cu].c1cn[nH]c1.c1cn[nH]c1. The molecule has 2 aromatic heterocycles. The number of nitrogens with zero attached hydrogens (tertiary/aromatic N) is 2. The van der Waals surface area contributed by atoms with Crippen LogP contribution in [-0.2, 0) is 53.3 Å². The molecule has 0 aliphatic heterocycles. The van der Waals surface area contributed by atoms with Crippen LogP contribution in [0.4, 0.5) is 0 Å². The van der Waals surface area contributed by atoms with Gasteiger partial charge in [-0.25, -0.2) is 9.59 Å². The normalized spacial score (nSPS) is 15.0. The Morgan fingerprint density at radius 3 is 1.24 bits per heavy atom. The summed E-state index contributed by atoms with van der Waals surface area (Å²) in [5.41, 5.74) is -1.26. The summed E-state index contributed by atoms with van der Waals surface area (Å²) in [7, 11) is 0. The third kappa shape index (κ3) is 16.1. The first-order chi connectivity index (χ1) is 18.9. The van der Waals surface area contributed by atoms with Crippen LogP contribution in [0, 0.1) is 0 Å². The van der Waals surface area contributed by atoms with Crippen molar-refractivity contribution in [1.29, 1.82) is 0 Å². The number of hydrogen-bond donors (Lipinski definition) is 6. The number of carboxylic acid groups (broad SMARTS) is 2. The van der Waals surface area contributed by atoms with Crippen molar-refractivity contribution < 1.29 is 63.5 Å². The van der Waals surface area contributed by atoms with Gasteiger partial charge in [0, 0.05) is 82.5 Å². The summed E-state index contributed by atoms with van der Waals surface area (Å²) < 4.78 is 0. The molecule has 2 aliphatic carbocycles. The minimum atomic E-state index is -1.08. The van der Waals surface area contributed by atoms with E-state index in [0.29, 0.717) is 11.1 Å². The summed E-state index contributed by atoms with van der Waals surface area (Å²) in [6.07, 6.45) is 22.6. The van der Waals surface area contributed by atoms with E-state index in [1.807, 2.05) is 12.1 Å². The van der Waals surface area contributed by atoms with Crippen LogP contribution in [-0.4, -0.2) is 65.2 Å². The van der Waals surface area contributed by atoms with Crippen molar-refractivity contribution in [1.82, 2.24) is 31.0 Å². The molecule has 0 aromatic carbocycles. The van der Waals surface area contributed by atoms with Crippen LogP contribution in [0.15, 0.2) is 109 Å². The van der Waals surface area contributed by atoms with E-state index in [1.165, 1.54) is 52.2 Å². The molecule has 42 heavy (non-hydrogen) atoms. The molecule has 0 spiro atoms. The molecule has 2 heterocycles. The zero-order valence-electron chi connectivity index (χ0n) is 23.3. The van der Waals surface area contributed by atoms with Gasteiger partial charge in [-0.3, -0.25) is 19.8 Å². The third-order valence-corrected chi connectivity index (χ3v) is 4.90. The van der Waals surface area contributed by atoms with Gasteiger partial charge in [-0.15, -0.1) is 0 Å².